The zero-order valence-corrected chi connectivity index (χ0v) is 16.9. The number of amides is 3. The zero-order chi connectivity index (χ0) is 22.3. The van der Waals surface area contributed by atoms with Crippen LogP contribution in [0.1, 0.15) is 12.7 Å². The van der Waals surface area contributed by atoms with Crippen LogP contribution in [0.2, 0.25) is 0 Å². The predicted octanol–water partition coefficient (Wildman–Crippen LogP) is 0.201. The topological polar surface area (TPSA) is 179 Å². The molecule has 0 fully saturated rings. The van der Waals surface area contributed by atoms with E-state index in [0.29, 0.717) is 0 Å². The van der Waals surface area contributed by atoms with Crippen LogP contribution in [0.4, 0.5) is 16.4 Å². The van der Waals surface area contributed by atoms with Crippen LogP contribution < -0.4 is 20.1 Å². The van der Waals surface area contributed by atoms with Crippen molar-refractivity contribution in [3.8, 4) is 6.01 Å². The summed E-state index contributed by atoms with van der Waals surface area (Å²) in [5, 5.41) is 4.28. The van der Waals surface area contributed by atoms with Crippen molar-refractivity contribution in [3.05, 3.63) is 30.1 Å². The lowest BCUT2D eigenvalue weighted by Gasteiger charge is -2.12. The van der Waals surface area contributed by atoms with Crippen LogP contribution in [0.25, 0.3) is 0 Å². The maximum atomic E-state index is 12.6. The first-order valence-corrected chi connectivity index (χ1v) is 9.82. The lowest BCUT2D eigenvalue weighted by Crippen LogP contribution is -2.35. The third-order valence-corrected chi connectivity index (χ3v) is 4.64. The predicted molar refractivity (Wildman–Crippen MR) is 102 cm³/mol. The van der Waals surface area contributed by atoms with Crippen molar-refractivity contribution in [2.45, 2.75) is 18.7 Å². The molecule has 0 radical (unpaired) electrons. The number of ether oxygens (including phenoxy) is 2. The number of hydrogen-bond donors (Lipinski definition) is 3. The molecule has 0 saturated carbocycles. The Hall–Kier alpha value is -3.81. The number of nitrogens with one attached hydrogen (secondary N) is 3. The molecule has 1 aromatic carbocycles. The van der Waals surface area contributed by atoms with E-state index >= 15 is 0 Å². The van der Waals surface area contributed by atoms with Gasteiger partial charge in [0.15, 0.2) is 0 Å². The molecule has 0 aliphatic heterocycles. The van der Waals surface area contributed by atoms with E-state index in [9.17, 15) is 22.8 Å². The van der Waals surface area contributed by atoms with Crippen molar-refractivity contribution in [3.63, 3.8) is 0 Å². The molecule has 30 heavy (non-hydrogen) atoms. The molecule has 13 nitrogen and oxygen atoms in total. The Kier molecular flexibility index (Phi) is 7.19. The number of urea groups is 1. The molecule has 0 saturated heterocycles. The number of nitrogens with zero attached hydrogens (tertiary/aromatic N) is 3. The number of methoxy groups -OCH3 is 1. The van der Waals surface area contributed by atoms with Gasteiger partial charge in [-0.25, -0.2) is 22.7 Å². The van der Waals surface area contributed by atoms with Crippen molar-refractivity contribution in [1.82, 2.24) is 19.7 Å². The second kappa shape index (κ2) is 9.60. The van der Waals surface area contributed by atoms with Gasteiger partial charge in [-0.2, -0.15) is 15.0 Å². The SMILES string of the molecule is CCOC(=O)C(=O)Nc1ccccc1S(=O)(=O)NC(=O)Nc1nc(C)nc(OC)n1. The van der Waals surface area contributed by atoms with Crippen LogP contribution in [0.3, 0.4) is 0 Å². The Morgan fingerprint density at radius 1 is 1.07 bits per heavy atom. The molecule has 3 amide bonds. The molecule has 1 heterocycles. The van der Waals surface area contributed by atoms with Crippen LogP contribution in [0.15, 0.2) is 29.2 Å². The molecule has 2 aromatic rings. The Balaban J connectivity index is 2.19. The van der Waals surface area contributed by atoms with Crippen molar-refractivity contribution >= 4 is 39.6 Å². The largest absolute Gasteiger partial charge is 0.467 e. The van der Waals surface area contributed by atoms with Gasteiger partial charge < -0.3 is 14.8 Å². The van der Waals surface area contributed by atoms with Gasteiger partial charge in [0.05, 0.1) is 19.4 Å². The van der Waals surface area contributed by atoms with Gasteiger partial charge in [0.25, 0.3) is 10.0 Å². The highest BCUT2D eigenvalue weighted by Crippen LogP contribution is 2.21. The summed E-state index contributed by atoms with van der Waals surface area (Å²) in [4.78, 5) is 46.4. The average Bonchev–Trinajstić information content (AvgIpc) is 2.67. The fourth-order valence-electron chi connectivity index (χ4n) is 2.08. The first kappa shape index (κ1) is 22.5. The zero-order valence-electron chi connectivity index (χ0n) is 16.1. The lowest BCUT2D eigenvalue weighted by molar-refractivity contribution is -0.152. The number of benzene rings is 1. The smallest absolute Gasteiger partial charge is 0.397 e. The molecule has 0 unspecified atom stereocenters. The van der Waals surface area contributed by atoms with E-state index in [1.165, 1.54) is 39.2 Å². The highest BCUT2D eigenvalue weighted by Gasteiger charge is 2.24. The fourth-order valence-corrected chi connectivity index (χ4v) is 3.15. The van der Waals surface area contributed by atoms with E-state index in [1.807, 2.05) is 0 Å². The molecule has 3 N–H and O–H groups in total. The summed E-state index contributed by atoms with van der Waals surface area (Å²) in [6.45, 7) is 3.00. The van der Waals surface area contributed by atoms with Crippen LogP contribution in [-0.4, -0.2) is 55.0 Å². The minimum Gasteiger partial charge on any atom is -0.467 e. The molecule has 0 bridgehead atoms. The Bertz CT molecular complexity index is 1070. The normalized spacial score (nSPS) is 10.6. The van der Waals surface area contributed by atoms with Crippen molar-refractivity contribution < 1.29 is 32.3 Å². The number of rotatable bonds is 6. The molecule has 0 aliphatic carbocycles. The number of para-hydroxylation sites is 1. The summed E-state index contributed by atoms with van der Waals surface area (Å²) < 4.78 is 36.4. The molecule has 1 aromatic heterocycles. The molecule has 0 spiro atoms. The number of aromatic nitrogens is 3. The first-order chi connectivity index (χ1) is 14.2. The number of carbonyl (C=O) groups is 3. The fraction of sp³-hybridized carbons (Fsp3) is 0.250. The van der Waals surface area contributed by atoms with Gasteiger partial charge in [0.2, 0.25) is 5.95 Å². The van der Waals surface area contributed by atoms with Gasteiger partial charge >= 0.3 is 23.9 Å². The van der Waals surface area contributed by atoms with E-state index in [-0.39, 0.29) is 30.1 Å². The number of esters is 1. The standard InChI is InChI=1S/C16H18N6O7S/c1-4-29-13(24)12(23)19-10-7-5-6-8-11(10)30(26,27)22-15(25)20-14-17-9(2)18-16(21-14)28-3/h5-8H,4H2,1-3H3,(H,19,23)(H2,17,18,20,21,22,25). The number of aryl methyl sites for hydroxylation is 1. The number of anilines is 2. The van der Waals surface area contributed by atoms with Gasteiger partial charge in [-0.1, -0.05) is 12.1 Å². The summed E-state index contributed by atoms with van der Waals surface area (Å²) in [5.41, 5.74) is -0.228. The molecular formula is C16H18N6O7S. The highest BCUT2D eigenvalue weighted by molar-refractivity contribution is 7.90. The van der Waals surface area contributed by atoms with E-state index in [2.05, 4.69) is 30.3 Å². The molecule has 160 valence electrons. The summed E-state index contributed by atoms with van der Waals surface area (Å²) in [6, 6.07) is 3.92. The lowest BCUT2D eigenvalue weighted by atomic mass is 10.3. The van der Waals surface area contributed by atoms with Gasteiger partial charge in [0.1, 0.15) is 10.7 Å². The third-order valence-electron chi connectivity index (χ3n) is 3.25. The minimum atomic E-state index is -4.45. The third kappa shape index (κ3) is 5.84. The van der Waals surface area contributed by atoms with E-state index in [0.717, 1.165) is 6.07 Å². The Labute approximate surface area is 171 Å². The summed E-state index contributed by atoms with van der Waals surface area (Å²) in [6.07, 6.45) is 0. The first-order valence-electron chi connectivity index (χ1n) is 8.34. The van der Waals surface area contributed by atoms with Crippen molar-refractivity contribution in [1.29, 1.82) is 0 Å². The van der Waals surface area contributed by atoms with Crippen molar-refractivity contribution in [2.75, 3.05) is 24.4 Å². The molecule has 2 rings (SSSR count). The second-order valence-electron chi connectivity index (χ2n) is 5.42. The molecule has 0 aliphatic rings. The van der Waals surface area contributed by atoms with E-state index < -0.39 is 32.8 Å². The molecule has 0 atom stereocenters. The number of hydrogen-bond acceptors (Lipinski definition) is 10. The minimum absolute atomic E-state index is 0.0325. The Morgan fingerprint density at radius 3 is 2.43 bits per heavy atom. The maximum absolute atomic E-state index is 12.6. The van der Waals surface area contributed by atoms with E-state index in [4.69, 9.17) is 4.74 Å². The number of sulfonamides is 1. The van der Waals surface area contributed by atoms with E-state index in [1.54, 1.807) is 4.72 Å². The van der Waals surface area contributed by atoms with Crippen LogP contribution in [-0.2, 0) is 24.3 Å². The Morgan fingerprint density at radius 2 is 1.77 bits per heavy atom. The van der Waals surface area contributed by atoms with Crippen molar-refractivity contribution in [2.24, 2.45) is 0 Å². The molecule has 14 heteroatoms. The van der Waals surface area contributed by atoms with Gasteiger partial charge in [-0.15, -0.1) is 0 Å². The summed E-state index contributed by atoms with van der Waals surface area (Å²) in [7, 11) is -3.14. The average molecular weight is 438 g/mol. The van der Waals surface area contributed by atoms with Gasteiger partial charge in [-0.05, 0) is 26.0 Å². The molecular weight excluding hydrogens is 420 g/mol. The second-order valence-corrected chi connectivity index (χ2v) is 7.07. The number of carbonyl (C=O) groups excluding carboxylic acids is 3. The highest BCUT2D eigenvalue weighted by atomic mass is 32.2. The summed E-state index contributed by atoms with van der Waals surface area (Å²) >= 11 is 0. The maximum Gasteiger partial charge on any atom is 0.397 e. The summed E-state index contributed by atoms with van der Waals surface area (Å²) in [5.74, 6) is -2.37. The monoisotopic (exact) mass is 438 g/mol. The van der Waals surface area contributed by atoms with Gasteiger partial charge in [0, 0.05) is 0 Å². The van der Waals surface area contributed by atoms with Gasteiger partial charge in [-0.3, -0.25) is 10.1 Å². The van der Waals surface area contributed by atoms with Crippen LogP contribution >= 0.6 is 0 Å². The van der Waals surface area contributed by atoms with Crippen LogP contribution in [0.5, 0.6) is 6.01 Å². The quantitative estimate of drug-likeness (QED) is 0.417. The van der Waals surface area contributed by atoms with Crippen LogP contribution in [0, 0.1) is 6.92 Å².